The summed E-state index contributed by atoms with van der Waals surface area (Å²) >= 11 is 0. The Hall–Kier alpha value is -1.29. The van der Waals surface area contributed by atoms with E-state index in [0.717, 1.165) is 17.7 Å². The predicted octanol–water partition coefficient (Wildman–Crippen LogP) is 3.30. The molecule has 98 valence electrons. The van der Waals surface area contributed by atoms with Crippen LogP contribution in [0.2, 0.25) is 0 Å². The normalized spacial score (nSPS) is 18.7. The van der Waals surface area contributed by atoms with Crippen LogP contribution >= 0.6 is 0 Å². The Bertz CT molecular complexity index is 416. The van der Waals surface area contributed by atoms with Gasteiger partial charge in [0.15, 0.2) is 0 Å². The Balaban J connectivity index is 1.78. The van der Waals surface area contributed by atoms with Crippen molar-refractivity contribution in [3.8, 4) is 0 Å². The van der Waals surface area contributed by atoms with E-state index < -0.39 is 11.7 Å². The largest absolute Gasteiger partial charge is 0.368 e. The number of carbonyl (C=O) groups is 1. The molecule has 0 amide bonds. The van der Waals surface area contributed by atoms with Gasteiger partial charge in [0.05, 0.1) is 6.61 Å². The van der Waals surface area contributed by atoms with Crippen molar-refractivity contribution >= 4 is 5.78 Å². The number of rotatable bonds is 6. The van der Waals surface area contributed by atoms with Crippen molar-refractivity contribution in [2.24, 2.45) is 0 Å². The summed E-state index contributed by atoms with van der Waals surface area (Å²) in [6.45, 7) is 1.43. The van der Waals surface area contributed by atoms with Crippen LogP contribution in [0.5, 0.6) is 0 Å². The molecule has 1 aromatic carbocycles. The van der Waals surface area contributed by atoms with Crippen molar-refractivity contribution in [2.75, 3.05) is 6.61 Å². The number of hydrogen-bond acceptors (Lipinski definition) is 2. The number of aryl methyl sites for hydroxylation is 1. The quantitative estimate of drug-likeness (QED) is 0.729. The van der Waals surface area contributed by atoms with Gasteiger partial charge < -0.3 is 4.74 Å². The van der Waals surface area contributed by atoms with E-state index >= 15 is 0 Å². The number of hydrogen-bond donors (Lipinski definition) is 0. The van der Waals surface area contributed by atoms with Gasteiger partial charge in [-0.15, -0.1) is 0 Å². The molecule has 1 aromatic rings. The van der Waals surface area contributed by atoms with E-state index in [2.05, 4.69) is 0 Å². The van der Waals surface area contributed by atoms with E-state index in [-0.39, 0.29) is 12.5 Å². The molecule has 0 spiro atoms. The van der Waals surface area contributed by atoms with Gasteiger partial charge in [-0.05, 0) is 24.0 Å². The standard InChI is InChI=1S/C14H16F2O2/c1-14(15,16)13(17)4-2-3-10-5-7-11(8-6-10)12-9-18-12/h5-8,12H,2-4,9H2,1H3. The molecule has 18 heavy (non-hydrogen) atoms. The molecule has 1 unspecified atom stereocenters. The molecule has 0 bridgehead atoms. The van der Waals surface area contributed by atoms with Crippen LogP contribution in [0.25, 0.3) is 0 Å². The number of epoxide rings is 1. The zero-order chi connectivity index (χ0) is 13.2. The van der Waals surface area contributed by atoms with Crippen LogP contribution in [-0.2, 0) is 16.0 Å². The van der Waals surface area contributed by atoms with E-state index in [9.17, 15) is 13.6 Å². The molecule has 1 saturated heterocycles. The highest BCUT2D eigenvalue weighted by Crippen LogP contribution is 2.29. The van der Waals surface area contributed by atoms with Gasteiger partial charge in [0.2, 0.25) is 5.78 Å². The van der Waals surface area contributed by atoms with Crippen molar-refractivity contribution in [3.05, 3.63) is 35.4 Å². The fourth-order valence-electron chi connectivity index (χ4n) is 1.81. The monoisotopic (exact) mass is 254 g/mol. The summed E-state index contributed by atoms with van der Waals surface area (Å²) < 4.78 is 30.4. The maximum atomic E-state index is 12.6. The van der Waals surface area contributed by atoms with E-state index in [4.69, 9.17) is 4.74 Å². The summed E-state index contributed by atoms with van der Waals surface area (Å²) in [6.07, 6.45) is 1.27. The van der Waals surface area contributed by atoms with Crippen LogP contribution in [-0.4, -0.2) is 18.3 Å². The fourth-order valence-corrected chi connectivity index (χ4v) is 1.81. The number of ether oxygens (including phenoxy) is 1. The number of carbonyl (C=O) groups excluding carboxylic acids is 1. The molecule has 0 saturated carbocycles. The van der Waals surface area contributed by atoms with Gasteiger partial charge in [-0.25, -0.2) is 0 Å². The van der Waals surface area contributed by atoms with E-state index in [1.165, 1.54) is 0 Å². The summed E-state index contributed by atoms with van der Waals surface area (Å²) in [5.41, 5.74) is 2.21. The van der Waals surface area contributed by atoms with Crippen LogP contribution in [0.3, 0.4) is 0 Å². The number of halogens is 2. The van der Waals surface area contributed by atoms with Crippen LogP contribution in [0, 0.1) is 0 Å². The first-order valence-electron chi connectivity index (χ1n) is 6.08. The molecule has 0 radical (unpaired) electrons. The van der Waals surface area contributed by atoms with Crippen molar-refractivity contribution in [2.45, 2.75) is 38.2 Å². The second-order valence-electron chi connectivity index (χ2n) is 4.73. The molecule has 0 aliphatic carbocycles. The van der Waals surface area contributed by atoms with Crippen LogP contribution in [0.15, 0.2) is 24.3 Å². The number of benzene rings is 1. The third-order valence-electron chi connectivity index (χ3n) is 3.04. The maximum Gasteiger partial charge on any atom is 0.302 e. The van der Waals surface area contributed by atoms with Gasteiger partial charge in [-0.1, -0.05) is 24.3 Å². The topological polar surface area (TPSA) is 29.6 Å². The molecule has 1 aliphatic heterocycles. The van der Waals surface area contributed by atoms with Gasteiger partial charge in [0, 0.05) is 13.3 Å². The Kier molecular flexibility index (Phi) is 3.76. The van der Waals surface area contributed by atoms with Crippen molar-refractivity contribution in [3.63, 3.8) is 0 Å². The highest BCUT2D eigenvalue weighted by Gasteiger charge is 2.30. The van der Waals surface area contributed by atoms with Crippen molar-refractivity contribution in [1.29, 1.82) is 0 Å². The molecule has 0 N–H and O–H groups in total. The van der Waals surface area contributed by atoms with Crippen molar-refractivity contribution < 1.29 is 18.3 Å². The second-order valence-corrected chi connectivity index (χ2v) is 4.73. The van der Waals surface area contributed by atoms with Crippen LogP contribution in [0.4, 0.5) is 8.78 Å². The minimum atomic E-state index is -3.20. The number of Topliss-reactive ketones (excluding diaryl/α,β-unsaturated/α-hetero) is 1. The average Bonchev–Trinajstić information content (AvgIpc) is 3.12. The first kappa shape index (κ1) is 13.1. The molecule has 4 heteroatoms. The predicted molar refractivity (Wildman–Crippen MR) is 63.7 cm³/mol. The van der Waals surface area contributed by atoms with E-state index in [1.54, 1.807) is 0 Å². The zero-order valence-electron chi connectivity index (χ0n) is 10.3. The summed E-state index contributed by atoms with van der Waals surface area (Å²) in [5.74, 6) is -4.18. The fraction of sp³-hybridized carbons (Fsp3) is 0.500. The molecule has 1 atom stereocenters. The molecule has 1 aliphatic rings. The van der Waals surface area contributed by atoms with Gasteiger partial charge in [0.25, 0.3) is 0 Å². The van der Waals surface area contributed by atoms with E-state index in [0.29, 0.717) is 19.8 Å². The molecular weight excluding hydrogens is 238 g/mol. The van der Waals surface area contributed by atoms with E-state index in [1.807, 2.05) is 24.3 Å². The summed E-state index contributed by atoms with van der Waals surface area (Å²) in [7, 11) is 0. The zero-order valence-corrected chi connectivity index (χ0v) is 10.3. The first-order chi connectivity index (χ1) is 8.47. The van der Waals surface area contributed by atoms with Crippen LogP contribution < -0.4 is 0 Å². The summed E-state index contributed by atoms with van der Waals surface area (Å²) in [5, 5.41) is 0. The lowest BCUT2D eigenvalue weighted by Crippen LogP contribution is -2.23. The smallest absolute Gasteiger partial charge is 0.302 e. The molecule has 1 fully saturated rings. The Morgan fingerprint density at radius 3 is 2.50 bits per heavy atom. The van der Waals surface area contributed by atoms with Gasteiger partial charge in [-0.2, -0.15) is 8.78 Å². The van der Waals surface area contributed by atoms with Crippen LogP contribution in [0.1, 0.15) is 37.0 Å². The SMILES string of the molecule is CC(F)(F)C(=O)CCCc1ccc(C2CO2)cc1. The highest BCUT2D eigenvalue weighted by molar-refractivity contribution is 5.85. The molecule has 1 heterocycles. The van der Waals surface area contributed by atoms with Gasteiger partial charge >= 0.3 is 5.92 Å². The third kappa shape index (κ3) is 3.60. The maximum absolute atomic E-state index is 12.6. The Morgan fingerprint density at radius 1 is 1.39 bits per heavy atom. The number of alkyl halides is 2. The minimum absolute atomic E-state index is 0.0724. The molecule has 2 rings (SSSR count). The highest BCUT2D eigenvalue weighted by atomic mass is 19.3. The van der Waals surface area contributed by atoms with Gasteiger partial charge in [0.1, 0.15) is 6.10 Å². The lowest BCUT2D eigenvalue weighted by molar-refractivity contribution is -0.140. The number of ketones is 1. The first-order valence-corrected chi connectivity index (χ1v) is 6.08. The molecule has 2 nitrogen and oxygen atoms in total. The summed E-state index contributed by atoms with van der Waals surface area (Å²) in [4.78, 5) is 11.0. The minimum Gasteiger partial charge on any atom is -0.368 e. The Labute approximate surface area is 105 Å². The third-order valence-corrected chi connectivity index (χ3v) is 3.04. The summed E-state index contributed by atoms with van der Waals surface area (Å²) in [6, 6.07) is 7.91. The molecule has 0 aromatic heterocycles. The average molecular weight is 254 g/mol. The van der Waals surface area contributed by atoms with Gasteiger partial charge in [-0.3, -0.25) is 4.79 Å². The lowest BCUT2D eigenvalue weighted by atomic mass is 10.0. The van der Waals surface area contributed by atoms with Crippen molar-refractivity contribution in [1.82, 2.24) is 0 Å². The lowest BCUT2D eigenvalue weighted by Gasteiger charge is -2.08. The Morgan fingerprint density at radius 2 is 2.00 bits per heavy atom. The molecular formula is C14H16F2O2. The second kappa shape index (κ2) is 5.14.